The van der Waals surface area contributed by atoms with Gasteiger partial charge in [-0.25, -0.2) is 4.98 Å². The summed E-state index contributed by atoms with van der Waals surface area (Å²) < 4.78 is 5.56. The molecule has 1 amide bonds. The van der Waals surface area contributed by atoms with E-state index in [1.807, 2.05) is 12.1 Å². The lowest BCUT2D eigenvalue weighted by molar-refractivity contribution is -0.135. The Bertz CT molecular complexity index is 680. The minimum Gasteiger partial charge on any atom is -0.368 e. The number of nitrogens with one attached hydrogen (secondary N) is 2. The highest BCUT2D eigenvalue weighted by molar-refractivity contribution is 5.80. The minimum atomic E-state index is -0.222. The van der Waals surface area contributed by atoms with Gasteiger partial charge in [0.15, 0.2) is 0 Å². The number of amides is 1. The molecule has 0 unspecified atom stereocenters. The van der Waals surface area contributed by atoms with Crippen LogP contribution in [-0.4, -0.2) is 35.1 Å². The fourth-order valence-corrected chi connectivity index (χ4v) is 4.11. The highest BCUT2D eigenvalue weighted by atomic mass is 16.5. The van der Waals surface area contributed by atoms with Crippen molar-refractivity contribution in [3.8, 4) is 0 Å². The van der Waals surface area contributed by atoms with E-state index in [9.17, 15) is 4.79 Å². The number of H-pyrrole nitrogens is 1. The van der Waals surface area contributed by atoms with Crippen LogP contribution in [0.3, 0.4) is 0 Å². The number of para-hydroxylation sites is 2. The van der Waals surface area contributed by atoms with E-state index in [-0.39, 0.29) is 12.0 Å². The number of aromatic nitrogens is 2. The van der Waals surface area contributed by atoms with Crippen molar-refractivity contribution < 1.29 is 9.53 Å². The normalized spacial score (nSPS) is 27.3. The molecule has 0 bridgehead atoms. The summed E-state index contributed by atoms with van der Waals surface area (Å²) in [5, 5.41) is 3.11. The first-order chi connectivity index (χ1) is 12.3. The quantitative estimate of drug-likeness (QED) is 0.894. The second-order valence-electron chi connectivity index (χ2n) is 7.46. The van der Waals surface area contributed by atoms with Crippen LogP contribution in [0.4, 0.5) is 0 Å². The fraction of sp³-hybridized carbons (Fsp3) is 0.600. The first kappa shape index (κ1) is 16.6. The number of aromatic amines is 1. The SMILES string of the molecule is O=C(NCC1CCC(c2nc3ccccc3[nH]2)CC1)[C@H]1CCCCO1. The highest BCUT2D eigenvalue weighted by Crippen LogP contribution is 2.35. The maximum absolute atomic E-state index is 12.2. The zero-order valence-corrected chi connectivity index (χ0v) is 14.7. The summed E-state index contributed by atoms with van der Waals surface area (Å²) in [4.78, 5) is 20.4. The Labute approximate surface area is 148 Å². The van der Waals surface area contributed by atoms with Crippen LogP contribution in [0.15, 0.2) is 24.3 Å². The van der Waals surface area contributed by atoms with Crippen LogP contribution < -0.4 is 5.32 Å². The Morgan fingerprint density at radius 3 is 2.76 bits per heavy atom. The molecule has 0 spiro atoms. The van der Waals surface area contributed by atoms with Gasteiger partial charge in [0.1, 0.15) is 11.9 Å². The molecule has 1 saturated carbocycles. The monoisotopic (exact) mass is 341 g/mol. The Morgan fingerprint density at radius 2 is 2.00 bits per heavy atom. The molecule has 2 aliphatic rings. The van der Waals surface area contributed by atoms with Crippen LogP contribution in [-0.2, 0) is 9.53 Å². The van der Waals surface area contributed by atoms with Gasteiger partial charge in [-0.05, 0) is 63.0 Å². The minimum absolute atomic E-state index is 0.0825. The summed E-state index contributed by atoms with van der Waals surface area (Å²) in [5.74, 6) is 2.30. The molecule has 134 valence electrons. The number of carbonyl (C=O) groups excluding carboxylic acids is 1. The highest BCUT2D eigenvalue weighted by Gasteiger charge is 2.26. The zero-order chi connectivity index (χ0) is 17.1. The molecule has 1 aromatic heterocycles. The third-order valence-corrected chi connectivity index (χ3v) is 5.68. The summed E-state index contributed by atoms with van der Waals surface area (Å²) in [6, 6.07) is 8.21. The number of rotatable bonds is 4. The summed E-state index contributed by atoms with van der Waals surface area (Å²) in [6.45, 7) is 1.51. The van der Waals surface area contributed by atoms with Gasteiger partial charge in [-0.2, -0.15) is 0 Å². The van der Waals surface area contributed by atoms with Crippen LogP contribution in [0.25, 0.3) is 11.0 Å². The van der Waals surface area contributed by atoms with Crippen LogP contribution in [0, 0.1) is 5.92 Å². The molecule has 5 heteroatoms. The Morgan fingerprint density at radius 1 is 1.16 bits per heavy atom. The van der Waals surface area contributed by atoms with E-state index in [0.29, 0.717) is 11.8 Å². The van der Waals surface area contributed by atoms with Crippen LogP contribution >= 0.6 is 0 Å². The van der Waals surface area contributed by atoms with Crippen LogP contribution in [0.2, 0.25) is 0 Å². The lowest BCUT2D eigenvalue weighted by Crippen LogP contribution is -2.40. The average Bonchev–Trinajstić information content (AvgIpc) is 3.11. The molecule has 4 rings (SSSR count). The fourth-order valence-electron chi connectivity index (χ4n) is 4.11. The van der Waals surface area contributed by atoms with Gasteiger partial charge >= 0.3 is 0 Å². The molecule has 1 aliphatic carbocycles. The zero-order valence-electron chi connectivity index (χ0n) is 14.7. The standard InChI is InChI=1S/C20H27N3O2/c24-20(18-7-3-4-12-25-18)21-13-14-8-10-15(11-9-14)19-22-16-5-1-2-6-17(16)23-19/h1-2,5-6,14-15,18H,3-4,7-13H2,(H,21,24)(H,22,23)/t14?,15?,18-/m1/s1. The number of hydrogen-bond donors (Lipinski definition) is 2. The van der Waals surface area contributed by atoms with Crippen molar-refractivity contribution in [1.82, 2.24) is 15.3 Å². The molecule has 2 aromatic rings. The molecule has 2 heterocycles. The topological polar surface area (TPSA) is 67.0 Å². The summed E-state index contributed by atoms with van der Waals surface area (Å²) in [6.07, 6.45) is 7.39. The number of hydrogen-bond acceptors (Lipinski definition) is 3. The van der Waals surface area contributed by atoms with Gasteiger partial charge in [0, 0.05) is 19.1 Å². The number of nitrogens with zero attached hydrogens (tertiary/aromatic N) is 1. The van der Waals surface area contributed by atoms with Gasteiger partial charge < -0.3 is 15.0 Å². The molecule has 1 aliphatic heterocycles. The van der Waals surface area contributed by atoms with Crippen molar-refractivity contribution in [2.24, 2.45) is 5.92 Å². The molecule has 2 fully saturated rings. The maximum Gasteiger partial charge on any atom is 0.249 e. The van der Waals surface area contributed by atoms with E-state index < -0.39 is 0 Å². The predicted molar refractivity (Wildman–Crippen MR) is 97.4 cm³/mol. The molecule has 1 atom stereocenters. The first-order valence-corrected chi connectivity index (χ1v) is 9.63. The van der Waals surface area contributed by atoms with Gasteiger partial charge in [0.2, 0.25) is 5.91 Å². The number of carbonyl (C=O) groups is 1. The van der Waals surface area contributed by atoms with Crippen molar-refractivity contribution in [3.05, 3.63) is 30.1 Å². The number of fused-ring (bicyclic) bond motifs is 1. The van der Waals surface area contributed by atoms with E-state index in [1.54, 1.807) is 0 Å². The average molecular weight is 341 g/mol. The first-order valence-electron chi connectivity index (χ1n) is 9.63. The number of benzene rings is 1. The van der Waals surface area contributed by atoms with E-state index in [1.165, 1.54) is 0 Å². The molecule has 0 radical (unpaired) electrons. The van der Waals surface area contributed by atoms with E-state index in [2.05, 4.69) is 22.4 Å². The molecular weight excluding hydrogens is 314 g/mol. The lowest BCUT2D eigenvalue weighted by atomic mass is 9.81. The molecular formula is C20H27N3O2. The van der Waals surface area contributed by atoms with Gasteiger partial charge in [-0.3, -0.25) is 4.79 Å². The van der Waals surface area contributed by atoms with Crippen LogP contribution in [0.5, 0.6) is 0 Å². The van der Waals surface area contributed by atoms with Crippen molar-refractivity contribution in [1.29, 1.82) is 0 Å². The predicted octanol–water partition coefficient (Wildman–Crippen LogP) is 3.52. The summed E-state index contributed by atoms with van der Waals surface area (Å²) >= 11 is 0. The van der Waals surface area contributed by atoms with Gasteiger partial charge in [0.05, 0.1) is 11.0 Å². The van der Waals surface area contributed by atoms with Crippen molar-refractivity contribution in [2.45, 2.75) is 57.0 Å². The van der Waals surface area contributed by atoms with Crippen molar-refractivity contribution in [2.75, 3.05) is 13.2 Å². The largest absolute Gasteiger partial charge is 0.368 e. The van der Waals surface area contributed by atoms with Gasteiger partial charge in [-0.15, -0.1) is 0 Å². The molecule has 25 heavy (non-hydrogen) atoms. The van der Waals surface area contributed by atoms with E-state index in [0.717, 1.165) is 75.0 Å². The molecule has 1 saturated heterocycles. The summed E-state index contributed by atoms with van der Waals surface area (Å²) in [5.41, 5.74) is 2.18. The van der Waals surface area contributed by atoms with E-state index >= 15 is 0 Å². The summed E-state index contributed by atoms with van der Waals surface area (Å²) in [7, 11) is 0. The number of ether oxygens (including phenoxy) is 1. The second-order valence-corrected chi connectivity index (χ2v) is 7.46. The Balaban J connectivity index is 1.26. The maximum atomic E-state index is 12.2. The second kappa shape index (κ2) is 7.56. The number of imidazole rings is 1. The van der Waals surface area contributed by atoms with Gasteiger partial charge in [-0.1, -0.05) is 12.1 Å². The molecule has 1 aromatic carbocycles. The third kappa shape index (κ3) is 3.87. The van der Waals surface area contributed by atoms with E-state index in [4.69, 9.17) is 9.72 Å². The third-order valence-electron chi connectivity index (χ3n) is 5.68. The molecule has 5 nitrogen and oxygen atoms in total. The Kier molecular flexibility index (Phi) is 5.02. The smallest absolute Gasteiger partial charge is 0.249 e. The lowest BCUT2D eigenvalue weighted by Gasteiger charge is -2.28. The van der Waals surface area contributed by atoms with Crippen molar-refractivity contribution >= 4 is 16.9 Å². The molecule has 2 N–H and O–H groups in total. The van der Waals surface area contributed by atoms with Crippen LogP contribution in [0.1, 0.15) is 56.7 Å². The van der Waals surface area contributed by atoms with Gasteiger partial charge in [0.25, 0.3) is 0 Å². The Hall–Kier alpha value is -1.88. The van der Waals surface area contributed by atoms with Crippen molar-refractivity contribution in [3.63, 3.8) is 0 Å².